The molecule has 0 saturated heterocycles. The van der Waals surface area contributed by atoms with Crippen LogP contribution in [0.5, 0.6) is 11.5 Å². The van der Waals surface area contributed by atoms with Crippen LogP contribution in [-0.2, 0) is 11.2 Å². The van der Waals surface area contributed by atoms with Crippen molar-refractivity contribution in [2.45, 2.75) is 6.42 Å². The highest BCUT2D eigenvalue weighted by Crippen LogP contribution is 2.16. The first-order valence-corrected chi connectivity index (χ1v) is 9.32. The third-order valence-electron chi connectivity index (χ3n) is 3.74. The molecule has 0 aliphatic heterocycles. The zero-order valence-electron chi connectivity index (χ0n) is 15.1. The van der Waals surface area contributed by atoms with E-state index in [1.54, 1.807) is 55.6 Å². The number of thiophene rings is 1. The molecule has 1 N–H and O–H groups in total. The summed E-state index contributed by atoms with van der Waals surface area (Å²) in [5.41, 5.74) is 4.12. The van der Waals surface area contributed by atoms with Crippen molar-refractivity contribution in [3.05, 3.63) is 82.0 Å². The molecule has 7 heteroatoms. The number of amides is 1. The van der Waals surface area contributed by atoms with Crippen LogP contribution in [0.25, 0.3) is 0 Å². The minimum absolute atomic E-state index is 0.220. The second-order valence-electron chi connectivity index (χ2n) is 5.75. The Morgan fingerprint density at radius 2 is 1.75 bits per heavy atom. The molecule has 6 nitrogen and oxygen atoms in total. The Kier molecular flexibility index (Phi) is 6.54. The number of benzene rings is 2. The Labute approximate surface area is 166 Å². The van der Waals surface area contributed by atoms with Crippen LogP contribution < -0.4 is 14.9 Å². The summed E-state index contributed by atoms with van der Waals surface area (Å²) >= 11 is 1.33. The largest absolute Gasteiger partial charge is 0.497 e. The number of rotatable bonds is 7. The van der Waals surface area contributed by atoms with Crippen LogP contribution in [0, 0.1) is 0 Å². The Hall–Kier alpha value is -3.45. The maximum Gasteiger partial charge on any atom is 0.353 e. The first-order chi connectivity index (χ1) is 13.6. The predicted molar refractivity (Wildman–Crippen MR) is 108 cm³/mol. The molecule has 1 heterocycles. The van der Waals surface area contributed by atoms with Crippen molar-refractivity contribution >= 4 is 29.4 Å². The smallest absolute Gasteiger partial charge is 0.353 e. The Morgan fingerprint density at radius 1 is 1.04 bits per heavy atom. The minimum Gasteiger partial charge on any atom is -0.497 e. The maximum absolute atomic E-state index is 11.9. The molecule has 2 aromatic carbocycles. The third-order valence-corrected chi connectivity index (χ3v) is 4.59. The fourth-order valence-corrected chi connectivity index (χ4v) is 2.92. The van der Waals surface area contributed by atoms with E-state index in [9.17, 15) is 9.59 Å². The van der Waals surface area contributed by atoms with Crippen LogP contribution in [-0.4, -0.2) is 25.2 Å². The van der Waals surface area contributed by atoms with Crippen LogP contribution in [0.4, 0.5) is 0 Å². The van der Waals surface area contributed by atoms with Gasteiger partial charge in [0.15, 0.2) is 0 Å². The van der Waals surface area contributed by atoms with Gasteiger partial charge in [0.2, 0.25) is 5.91 Å². The summed E-state index contributed by atoms with van der Waals surface area (Å²) in [4.78, 5) is 24.4. The average Bonchev–Trinajstić information content (AvgIpc) is 3.25. The van der Waals surface area contributed by atoms with Gasteiger partial charge in [-0.25, -0.2) is 10.2 Å². The molecule has 3 aromatic rings. The molecule has 0 aliphatic rings. The normalized spacial score (nSPS) is 10.6. The van der Waals surface area contributed by atoms with Crippen molar-refractivity contribution in [3.63, 3.8) is 0 Å². The fraction of sp³-hybridized carbons (Fsp3) is 0.0952. The number of methoxy groups -OCH3 is 1. The van der Waals surface area contributed by atoms with Crippen molar-refractivity contribution in [2.75, 3.05) is 7.11 Å². The van der Waals surface area contributed by atoms with E-state index in [2.05, 4.69) is 10.5 Å². The van der Waals surface area contributed by atoms with Gasteiger partial charge in [-0.15, -0.1) is 11.3 Å². The van der Waals surface area contributed by atoms with Gasteiger partial charge < -0.3 is 9.47 Å². The standard InChI is InChI=1S/C21H18N2O4S/c1-26-17-8-4-15(5-9-17)13-20(24)23-22-14-16-6-10-18(11-7-16)27-21(25)19-3-2-12-28-19/h2-12,14H,13H2,1H3,(H,23,24)/b22-14-. The fourth-order valence-electron chi connectivity index (χ4n) is 2.32. The molecule has 0 spiro atoms. The SMILES string of the molecule is COc1ccc(CC(=O)N/N=C\c2ccc(OC(=O)c3cccs3)cc2)cc1. The van der Waals surface area contributed by atoms with Gasteiger partial charge >= 0.3 is 5.97 Å². The van der Waals surface area contributed by atoms with E-state index >= 15 is 0 Å². The van der Waals surface area contributed by atoms with Gasteiger partial charge in [-0.1, -0.05) is 18.2 Å². The lowest BCUT2D eigenvalue weighted by Crippen LogP contribution is -2.19. The summed E-state index contributed by atoms with van der Waals surface area (Å²) in [5, 5.41) is 5.77. The molecular weight excluding hydrogens is 376 g/mol. The zero-order valence-corrected chi connectivity index (χ0v) is 15.9. The molecule has 0 unspecified atom stereocenters. The lowest BCUT2D eigenvalue weighted by atomic mass is 10.1. The molecule has 1 amide bonds. The quantitative estimate of drug-likeness (QED) is 0.287. The summed E-state index contributed by atoms with van der Waals surface area (Å²) in [5.74, 6) is 0.580. The molecule has 0 radical (unpaired) electrons. The first-order valence-electron chi connectivity index (χ1n) is 8.44. The summed E-state index contributed by atoms with van der Waals surface area (Å²) in [6.07, 6.45) is 1.75. The number of hydrazone groups is 1. The van der Waals surface area contributed by atoms with Crippen LogP contribution in [0.1, 0.15) is 20.8 Å². The number of nitrogens with one attached hydrogen (secondary N) is 1. The molecule has 28 heavy (non-hydrogen) atoms. The van der Waals surface area contributed by atoms with Gasteiger partial charge in [0.25, 0.3) is 0 Å². The molecule has 0 fully saturated rings. The van der Waals surface area contributed by atoms with E-state index in [1.807, 2.05) is 17.5 Å². The molecule has 0 atom stereocenters. The maximum atomic E-state index is 11.9. The van der Waals surface area contributed by atoms with Crippen molar-refractivity contribution < 1.29 is 19.1 Å². The van der Waals surface area contributed by atoms with Crippen LogP contribution in [0.2, 0.25) is 0 Å². The highest BCUT2D eigenvalue weighted by Gasteiger charge is 2.09. The third kappa shape index (κ3) is 5.52. The van der Waals surface area contributed by atoms with Crippen molar-refractivity contribution in [2.24, 2.45) is 5.10 Å². The van der Waals surface area contributed by atoms with Crippen LogP contribution in [0.3, 0.4) is 0 Å². The number of ether oxygens (including phenoxy) is 2. The summed E-state index contributed by atoms with van der Waals surface area (Å²) < 4.78 is 10.4. The Bertz CT molecular complexity index is 949. The number of esters is 1. The number of carbonyl (C=O) groups is 2. The molecule has 0 aliphatic carbocycles. The van der Waals surface area contributed by atoms with Crippen molar-refractivity contribution in [3.8, 4) is 11.5 Å². The molecule has 3 rings (SSSR count). The van der Waals surface area contributed by atoms with Crippen molar-refractivity contribution in [1.82, 2.24) is 5.43 Å². The highest BCUT2D eigenvalue weighted by molar-refractivity contribution is 7.12. The molecule has 1 aromatic heterocycles. The molecular formula is C21H18N2O4S. The van der Waals surface area contributed by atoms with Crippen LogP contribution in [0.15, 0.2) is 71.1 Å². The number of hydrogen-bond donors (Lipinski definition) is 1. The molecule has 0 saturated carbocycles. The highest BCUT2D eigenvalue weighted by atomic mass is 32.1. The molecule has 142 valence electrons. The topological polar surface area (TPSA) is 77.0 Å². The predicted octanol–water partition coefficient (Wildman–Crippen LogP) is 3.67. The van der Waals surface area contributed by atoms with Crippen LogP contribution >= 0.6 is 11.3 Å². The van der Waals surface area contributed by atoms with Crippen molar-refractivity contribution in [1.29, 1.82) is 0 Å². The van der Waals surface area contributed by atoms with E-state index in [1.165, 1.54) is 17.6 Å². The number of carbonyl (C=O) groups excluding carboxylic acids is 2. The minimum atomic E-state index is -0.387. The van der Waals surface area contributed by atoms with Gasteiger partial charge in [0, 0.05) is 0 Å². The lowest BCUT2D eigenvalue weighted by molar-refractivity contribution is -0.120. The summed E-state index contributed by atoms with van der Waals surface area (Å²) in [6, 6.07) is 17.6. The number of hydrogen-bond acceptors (Lipinski definition) is 6. The van der Waals surface area contributed by atoms with E-state index < -0.39 is 0 Å². The lowest BCUT2D eigenvalue weighted by Gasteiger charge is -2.03. The number of nitrogens with zero attached hydrogens (tertiary/aromatic N) is 1. The monoisotopic (exact) mass is 394 g/mol. The van der Waals surface area contributed by atoms with E-state index in [4.69, 9.17) is 9.47 Å². The summed E-state index contributed by atoms with van der Waals surface area (Å²) in [6.45, 7) is 0. The molecule has 0 bridgehead atoms. The van der Waals surface area contributed by atoms with Gasteiger partial charge in [0.1, 0.15) is 16.4 Å². The zero-order chi connectivity index (χ0) is 19.8. The van der Waals surface area contributed by atoms with Gasteiger partial charge in [-0.2, -0.15) is 5.10 Å². The van der Waals surface area contributed by atoms with Gasteiger partial charge in [-0.3, -0.25) is 4.79 Å². The summed E-state index contributed by atoms with van der Waals surface area (Å²) in [7, 11) is 1.59. The Balaban J connectivity index is 1.48. The first kappa shape index (κ1) is 19.3. The second-order valence-corrected chi connectivity index (χ2v) is 6.70. The van der Waals surface area contributed by atoms with Gasteiger partial charge in [0.05, 0.1) is 19.7 Å². The average molecular weight is 394 g/mol. The van der Waals surface area contributed by atoms with E-state index in [0.29, 0.717) is 10.6 Å². The Morgan fingerprint density at radius 3 is 2.39 bits per heavy atom. The second kappa shape index (κ2) is 9.48. The van der Waals surface area contributed by atoms with E-state index in [-0.39, 0.29) is 18.3 Å². The van der Waals surface area contributed by atoms with E-state index in [0.717, 1.165) is 16.9 Å². The van der Waals surface area contributed by atoms with Gasteiger partial charge in [-0.05, 0) is 59.0 Å².